The summed E-state index contributed by atoms with van der Waals surface area (Å²) in [5, 5.41) is 5.22. The van der Waals surface area contributed by atoms with Crippen molar-refractivity contribution in [3.8, 4) is 11.5 Å². The quantitative estimate of drug-likeness (QED) is 0.803. The minimum absolute atomic E-state index is 0.224. The molecule has 0 bridgehead atoms. The number of rotatable bonds is 7. The number of carbonyl (C=O) groups is 2. The van der Waals surface area contributed by atoms with E-state index in [1.165, 1.54) is 26.4 Å². The standard InChI is InChI=1S/C16H23FN2O4/c1-6-15(20)18-10(3)16(21)19-9(2)11-7-13(22-4)14(23-5)8-12(11)17/h7-10H,6H2,1-5H3,(H,18,20)(H,19,21)/t9?,10-/m0/s1. The smallest absolute Gasteiger partial charge is 0.242 e. The summed E-state index contributed by atoms with van der Waals surface area (Å²) in [5.41, 5.74) is 0.269. The van der Waals surface area contributed by atoms with Crippen LogP contribution >= 0.6 is 0 Å². The van der Waals surface area contributed by atoms with Crippen molar-refractivity contribution in [1.29, 1.82) is 0 Å². The van der Waals surface area contributed by atoms with Gasteiger partial charge in [0.05, 0.1) is 20.3 Å². The molecule has 1 unspecified atom stereocenters. The first-order chi connectivity index (χ1) is 10.8. The van der Waals surface area contributed by atoms with Crippen molar-refractivity contribution >= 4 is 11.8 Å². The van der Waals surface area contributed by atoms with Crippen LogP contribution in [-0.4, -0.2) is 32.1 Å². The average molecular weight is 326 g/mol. The lowest BCUT2D eigenvalue weighted by atomic mass is 10.1. The molecular weight excluding hydrogens is 303 g/mol. The fourth-order valence-electron chi connectivity index (χ4n) is 2.03. The summed E-state index contributed by atoms with van der Waals surface area (Å²) in [6, 6.07) is 1.39. The molecule has 2 N–H and O–H groups in total. The molecule has 0 fully saturated rings. The van der Waals surface area contributed by atoms with E-state index in [0.717, 1.165) is 0 Å². The zero-order chi connectivity index (χ0) is 17.6. The van der Waals surface area contributed by atoms with Crippen molar-refractivity contribution in [2.24, 2.45) is 0 Å². The van der Waals surface area contributed by atoms with Crippen LogP contribution in [-0.2, 0) is 9.59 Å². The fourth-order valence-corrected chi connectivity index (χ4v) is 2.03. The lowest BCUT2D eigenvalue weighted by Gasteiger charge is -2.20. The van der Waals surface area contributed by atoms with Crippen molar-refractivity contribution in [1.82, 2.24) is 10.6 Å². The number of benzene rings is 1. The van der Waals surface area contributed by atoms with Crippen LogP contribution in [0.3, 0.4) is 0 Å². The number of amides is 2. The van der Waals surface area contributed by atoms with Gasteiger partial charge < -0.3 is 20.1 Å². The second-order valence-corrected chi connectivity index (χ2v) is 5.10. The number of ether oxygens (including phenoxy) is 2. The molecule has 0 aliphatic rings. The first-order valence-corrected chi connectivity index (χ1v) is 7.35. The Kier molecular flexibility index (Phi) is 6.81. The Bertz CT molecular complexity index is 577. The molecule has 7 heteroatoms. The Morgan fingerprint density at radius 1 is 1.13 bits per heavy atom. The van der Waals surface area contributed by atoms with Crippen molar-refractivity contribution in [2.75, 3.05) is 14.2 Å². The van der Waals surface area contributed by atoms with Gasteiger partial charge in [0.15, 0.2) is 11.5 Å². The number of hydrogen-bond donors (Lipinski definition) is 2. The van der Waals surface area contributed by atoms with Crippen molar-refractivity contribution < 1.29 is 23.5 Å². The molecule has 23 heavy (non-hydrogen) atoms. The van der Waals surface area contributed by atoms with Gasteiger partial charge in [-0.05, 0) is 19.9 Å². The second kappa shape index (κ2) is 8.36. The molecule has 0 aliphatic carbocycles. The van der Waals surface area contributed by atoms with Crippen LogP contribution in [0, 0.1) is 5.82 Å². The van der Waals surface area contributed by atoms with E-state index in [2.05, 4.69) is 10.6 Å². The molecule has 128 valence electrons. The molecule has 0 saturated carbocycles. The third-order valence-electron chi connectivity index (χ3n) is 3.42. The van der Waals surface area contributed by atoms with Gasteiger partial charge >= 0.3 is 0 Å². The van der Waals surface area contributed by atoms with Gasteiger partial charge in [0, 0.05) is 18.1 Å². The average Bonchev–Trinajstić information content (AvgIpc) is 2.53. The van der Waals surface area contributed by atoms with Gasteiger partial charge in [0.25, 0.3) is 0 Å². The van der Waals surface area contributed by atoms with Crippen LogP contribution in [0.4, 0.5) is 4.39 Å². The van der Waals surface area contributed by atoms with Gasteiger partial charge in [-0.2, -0.15) is 0 Å². The Hall–Kier alpha value is -2.31. The maximum Gasteiger partial charge on any atom is 0.242 e. The SMILES string of the molecule is CCC(=O)N[C@@H](C)C(=O)NC(C)c1cc(OC)c(OC)cc1F. The van der Waals surface area contributed by atoms with Crippen LogP contribution in [0.1, 0.15) is 38.8 Å². The number of nitrogens with one attached hydrogen (secondary N) is 2. The zero-order valence-corrected chi connectivity index (χ0v) is 14.0. The monoisotopic (exact) mass is 326 g/mol. The minimum Gasteiger partial charge on any atom is -0.493 e. The molecule has 1 aromatic rings. The third kappa shape index (κ3) is 4.84. The van der Waals surface area contributed by atoms with E-state index >= 15 is 0 Å². The van der Waals surface area contributed by atoms with E-state index in [-0.39, 0.29) is 23.6 Å². The van der Waals surface area contributed by atoms with E-state index in [4.69, 9.17) is 9.47 Å². The van der Waals surface area contributed by atoms with Gasteiger partial charge in [0.1, 0.15) is 11.9 Å². The van der Waals surface area contributed by atoms with Crippen LogP contribution in [0.15, 0.2) is 12.1 Å². The molecular formula is C16H23FN2O4. The Morgan fingerprint density at radius 3 is 2.22 bits per heavy atom. The summed E-state index contributed by atoms with van der Waals surface area (Å²) in [4.78, 5) is 23.4. The zero-order valence-electron chi connectivity index (χ0n) is 14.0. The van der Waals surface area contributed by atoms with Gasteiger partial charge in [0.2, 0.25) is 11.8 Å². The maximum absolute atomic E-state index is 14.2. The summed E-state index contributed by atoms with van der Waals surface area (Å²) < 4.78 is 24.3. The molecule has 0 heterocycles. The lowest BCUT2D eigenvalue weighted by Crippen LogP contribution is -2.45. The van der Waals surface area contributed by atoms with Crippen molar-refractivity contribution in [3.63, 3.8) is 0 Å². The molecule has 2 atom stereocenters. The highest BCUT2D eigenvalue weighted by molar-refractivity contribution is 5.87. The van der Waals surface area contributed by atoms with Crippen molar-refractivity contribution in [2.45, 2.75) is 39.3 Å². The first kappa shape index (κ1) is 18.7. The molecule has 1 rings (SSSR count). The Labute approximate surface area is 135 Å². The number of carbonyl (C=O) groups excluding carboxylic acids is 2. The predicted molar refractivity (Wildman–Crippen MR) is 84.0 cm³/mol. The van der Waals surface area contributed by atoms with E-state index in [0.29, 0.717) is 5.75 Å². The Morgan fingerprint density at radius 2 is 1.70 bits per heavy atom. The van der Waals surface area contributed by atoms with E-state index < -0.39 is 23.8 Å². The molecule has 0 aliphatic heterocycles. The van der Waals surface area contributed by atoms with E-state index in [1.807, 2.05) is 0 Å². The summed E-state index contributed by atoms with van der Waals surface area (Å²) in [7, 11) is 2.87. The predicted octanol–water partition coefficient (Wildman–Crippen LogP) is 1.93. The fraction of sp³-hybridized carbons (Fsp3) is 0.500. The molecule has 1 aromatic carbocycles. The highest BCUT2D eigenvalue weighted by atomic mass is 19.1. The van der Waals surface area contributed by atoms with Crippen LogP contribution < -0.4 is 20.1 Å². The summed E-state index contributed by atoms with van der Waals surface area (Å²) in [6.45, 7) is 4.92. The summed E-state index contributed by atoms with van der Waals surface area (Å²) in [5.74, 6) is -0.486. The minimum atomic E-state index is -0.701. The van der Waals surface area contributed by atoms with Gasteiger partial charge in [-0.1, -0.05) is 6.92 Å². The van der Waals surface area contributed by atoms with Gasteiger partial charge in [-0.15, -0.1) is 0 Å². The highest BCUT2D eigenvalue weighted by Crippen LogP contribution is 2.32. The maximum atomic E-state index is 14.2. The molecule has 0 spiro atoms. The first-order valence-electron chi connectivity index (χ1n) is 7.35. The van der Waals surface area contributed by atoms with Gasteiger partial charge in [-0.25, -0.2) is 4.39 Å². The topological polar surface area (TPSA) is 76.7 Å². The number of halogens is 1. The third-order valence-corrected chi connectivity index (χ3v) is 3.42. The highest BCUT2D eigenvalue weighted by Gasteiger charge is 2.21. The van der Waals surface area contributed by atoms with Crippen LogP contribution in [0.25, 0.3) is 0 Å². The molecule has 0 radical (unpaired) electrons. The molecule has 0 aromatic heterocycles. The van der Waals surface area contributed by atoms with E-state index in [1.54, 1.807) is 20.8 Å². The van der Waals surface area contributed by atoms with Crippen molar-refractivity contribution in [3.05, 3.63) is 23.5 Å². The Balaban J connectivity index is 2.87. The largest absolute Gasteiger partial charge is 0.493 e. The second-order valence-electron chi connectivity index (χ2n) is 5.10. The van der Waals surface area contributed by atoms with E-state index in [9.17, 15) is 14.0 Å². The molecule has 6 nitrogen and oxygen atoms in total. The van der Waals surface area contributed by atoms with Crippen LogP contribution in [0.5, 0.6) is 11.5 Å². The number of hydrogen-bond acceptors (Lipinski definition) is 4. The van der Waals surface area contributed by atoms with Crippen LogP contribution in [0.2, 0.25) is 0 Å². The van der Waals surface area contributed by atoms with Gasteiger partial charge in [-0.3, -0.25) is 9.59 Å². The summed E-state index contributed by atoms with van der Waals surface area (Å²) in [6.07, 6.45) is 0.289. The molecule has 2 amide bonds. The summed E-state index contributed by atoms with van der Waals surface area (Å²) >= 11 is 0. The molecule has 0 saturated heterocycles. The normalized spacial score (nSPS) is 13.0. The number of methoxy groups -OCH3 is 2. The lowest BCUT2D eigenvalue weighted by molar-refractivity contribution is -0.128.